The second-order valence-electron chi connectivity index (χ2n) is 7.69. The van der Waals surface area contributed by atoms with Gasteiger partial charge in [-0.25, -0.2) is 0 Å². The third-order valence-corrected chi connectivity index (χ3v) is 5.14. The molecule has 1 N–H and O–H groups in total. The Bertz CT molecular complexity index is 238. The Morgan fingerprint density at radius 1 is 1.00 bits per heavy atom. The van der Waals surface area contributed by atoms with Gasteiger partial charge in [0, 0.05) is 6.04 Å². The summed E-state index contributed by atoms with van der Waals surface area (Å²) >= 11 is 0. The number of rotatable bonds is 3. The molecule has 100 valence electrons. The largest absolute Gasteiger partial charge is 0.313 e. The van der Waals surface area contributed by atoms with Gasteiger partial charge in [-0.15, -0.1) is 0 Å². The zero-order chi connectivity index (χ0) is 12.5. The molecule has 0 heterocycles. The molecule has 2 rings (SSSR count). The minimum atomic E-state index is 0.568. The van der Waals surface area contributed by atoms with Crippen molar-refractivity contribution in [2.75, 3.05) is 6.54 Å². The maximum absolute atomic E-state index is 3.87. The molecule has 2 atom stereocenters. The predicted molar refractivity (Wildman–Crippen MR) is 75.1 cm³/mol. The molecule has 0 aliphatic heterocycles. The normalized spacial score (nSPS) is 41.6. The first-order valence-corrected chi connectivity index (χ1v) is 7.70. The lowest BCUT2D eigenvalue weighted by molar-refractivity contribution is 0.265. The van der Waals surface area contributed by atoms with Gasteiger partial charge in [0.1, 0.15) is 0 Å². The van der Waals surface area contributed by atoms with E-state index in [1.807, 2.05) is 0 Å². The van der Waals surface area contributed by atoms with Gasteiger partial charge in [-0.05, 0) is 55.4 Å². The maximum Gasteiger partial charge on any atom is 0.00980 e. The Balaban J connectivity index is 1.72. The summed E-state index contributed by atoms with van der Waals surface area (Å²) in [5, 5.41) is 3.87. The molecule has 17 heavy (non-hydrogen) atoms. The van der Waals surface area contributed by atoms with E-state index in [-0.39, 0.29) is 0 Å². The Kier molecular flexibility index (Phi) is 4.18. The van der Waals surface area contributed by atoms with E-state index in [9.17, 15) is 0 Å². The van der Waals surface area contributed by atoms with Crippen LogP contribution in [0.25, 0.3) is 0 Å². The molecule has 0 aromatic heterocycles. The lowest BCUT2D eigenvalue weighted by atomic mass is 9.83. The van der Waals surface area contributed by atoms with Crippen molar-refractivity contribution in [3.8, 4) is 0 Å². The van der Waals surface area contributed by atoms with E-state index in [4.69, 9.17) is 0 Å². The molecule has 0 saturated heterocycles. The third kappa shape index (κ3) is 3.71. The molecule has 1 heteroatoms. The molecule has 0 spiro atoms. The topological polar surface area (TPSA) is 12.0 Å². The van der Waals surface area contributed by atoms with Crippen molar-refractivity contribution < 1.29 is 0 Å². The summed E-state index contributed by atoms with van der Waals surface area (Å²) in [6, 6.07) is 0.782. The van der Waals surface area contributed by atoms with Crippen molar-refractivity contribution in [3.05, 3.63) is 0 Å². The van der Waals surface area contributed by atoms with Crippen LogP contribution in [0.3, 0.4) is 0 Å². The summed E-state index contributed by atoms with van der Waals surface area (Å²) < 4.78 is 0. The van der Waals surface area contributed by atoms with Gasteiger partial charge in [0.15, 0.2) is 0 Å². The van der Waals surface area contributed by atoms with Crippen molar-refractivity contribution in [3.63, 3.8) is 0 Å². The van der Waals surface area contributed by atoms with Crippen LogP contribution in [0.2, 0.25) is 0 Å². The van der Waals surface area contributed by atoms with Crippen LogP contribution in [0.5, 0.6) is 0 Å². The highest BCUT2D eigenvalue weighted by Crippen LogP contribution is 2.41. The predicted octanol–water partition coefficient (Wildman–Crippen LogP) is 4.23. The van der Waals surface area contributed by atoms with Crippen LogP contribution >= 0.6 is 0 Å². The lowest BCUT2D eigenvalue weighted by Gasteiger charge is -2.28. The zero-order valence-electron chi connectivity index (χ0n) is 12.3. The van der Waals surface area contributed by atoms with Gasteiger partial charge in [-0.2, -0.15) is 0 Å². The highest BCUT2D eigenvalue weighted by Gasteiger charge is 2.36. The van der Waals surface area contributed by atoms with E-state index in [2.05, 4.69) is 33.0 Å². The summed E-state index contributed by atoms with van der Waals surface area (Å²) in [6.45, 7) is 11.0. The van der Waals surface area contributed by atoms with Crippen LogP contribution < -0.4 is 5.32 Å². The molecule has 1 nitrogen and oxygen atoms in total. The molecular weight excluding hydrogens is 206 g/mol. The Morgan fingerprint density at radius 2 is 1.65 bits per heavy atom. The van der Waals surface area contributed by atoms with Crippen molar-refractivity contribution >= 4 is 0 Å². The average Bonchev–Trinajstić information content (AvgIpc) is 2.51. The third-order valence-electron chi connectivity index (χ3n) is 5.14. The van der Waals surface area contributed by atoms with Gasteiger partial charge in [0.05, 0.1) is 0 Å². The molecule has 0 bridgehead atoms. The quantitative estimate of drug-likeness (QED) is 0.774. The second kappa shape index (κ2) is 5.30. The van der Waals surface area contributed by atoms with E-state index in [1.54, 1.807) is 0 Å². The molecule has 0 amide bonds. The van der Waals surface area contributed by atoms with E-state index < -0.39 is 0 Å². The van der Waals surface area contributed by atoms with Gasteiger partial charge in [0.25, 0.3) is 0 Å². The summed E-state index contributed by atoms with van der Waals surface area (Å²) in [6.07, 6.45) is 8.59. The summed E-state index contributed by atoms with van der Waals surface area (Å²) in [7, 11) is 0. The van der Waals surface area contributed by atoms with E-state index in [1.165, 1.54) is 45.1 Å². The fourth-order valence-corrected chi connectivity index (χ4v) is 4.02. The van der Waals surface area contributed by atoms with Gasteiger partial charge >= 0.3 is 0 Å². The standard InChI is InChI=1S/C16H31N/c1-12-5-7-14(8-6-12)11-17-15-10-16(3,4)9-13(15)2/h12-15,17H,5-11H2,1-4H3. The Morgan fingerprint density at radius 3 is 2.18 bits per heavy atom. The smallest absolute Gasteiger partial charge is 0.00980 e. The minimum absolute atomic E-state index is 0.568. The monoisotopic (exact) mass is 237 g/mol. The molecule has 2 unspecified atom stereocenters. The molecule has 0 aromatic rings. The highest BCUT2D eigenvalue weighted by atomic mass is 14.9. The Hall–Kier alpha value is -0.0400. The van der Waals surface area contributed by atoms with Gasteiger partial charge in [0.2, 0.25) is 0 Å². The molecule has 2 aliphatic rings. The van der Waals surface area contributed by atoms with Crippen LogP contribution in [0.1, 0.15) is 66.2 Å². The average molecular weight is 237 g/mol. The van der Waals surface area contributed by atoms with Crippen LogP contribution in [0.4, 0.5) is 0 Å². The van der Waals surface area contributed by atoms with Gasteiger partial charge in [-0.1, -0.05) is 40.5 Å². The summed E-state index contributed by atoms with van der Waals surface area (Å²) in [5.74, 6) is 2.81. The molecular formula is C16H31N. The van der Waals surface area contributed by atoms with Crippen molar-refractivity contribution in [2.45, 2.75) is 72.3 Å². The first kappa shape index (κ1) is 13.4. The highest BCUT2D eigenvalue weighted by molar-refractivity contribution is 4.91. The van der Waals surface area contributed by atoms with Crippen LogP contribution in [-0.4, -0.2) is 12.6 Å². The van der Waals surface area contributed by atoms with Crippen molar-refractivity contribution in [2.24, 2.45) is 23.2 Å². The first-order chi connectivity index (χ1) is 7.96. The van der Waals surface area contributed by atoms with Crippen LogP contribution in [0, 0.1) is 23.2 Å². The van der Waals surface area contributed by atoms with Crippen molar-refractivity contribution in [1.29, 1.82) is 0 Å². The molecule has 2 aliphatic carbocycles. The van der Waals surface area contributed by atoms with Gasteiger partial charge < -0.3 is 5.32 Å². The molecule has 0 aromatic carbocycles. The fraction of sp³-hybridized carbons (Fsp3) is 1.00. The lowest BCUT2D eigenvalue weighted by Crippen LogP contribution is -2.36. The summed E-state index contributed by atoms with van der Waals surface area (Å²) in [4.78, 5) is 0. The second-order valence-corrected chi connectivity index (χ2v) is 7.69. The van der Waals surface area contributed by atoms with Crippen molar-refractivity contribution in [1.82, 2.24) is 5.32 Å². The summed E-state index contributed by atoms with van der Waals surface area (Å²) in [5.41, 5.74) is 0.568. The van der Waals surface area contributed by atoms with Crippen LogP contribution in [-0.2, 0) is 0 Å². The molecule has 2 fully saturated rings. The van der Waals surface area contributed by atoms with Crippen LogP contribution in [0.15, 0.2) is 0 Å². The maximum atomic E-state index is 3.87. The zero-order valence-corrected chi connectivity index (χ0v) is 12.3. The number of hydrogen-bond donors (Lipinski definition) is 1. The number of hydrogen-bond acceptors (Lipinski definition) is 1. The van der Waals surface area contributed by atoms with E-state index >= 15 is 0 Å². The van der Waals surface area contributed by atoms with Gasteiger partial charge in [-0.3, -0.25) is 0 Å². The molecule has 2 saturated carbocycles. The van der Waals surface area contributed by atoms with E-state index in [0.717, 1.165) is 23.8 Å². The minimum Gasteiger partial charge on any atom is -0.313 e. The van der Waals surface area contributed by atoms with E-state index in [0.29, 0.717) is 5.41 Å². The Labute approximate surface area is 108 Å². The fourth-order valence-electron chi connectivity index (χ4n) is 4.02. The SMILES string of the molecule is CC1CCC(CNC2CC(C)(C)CC2C)CC1. The molecule has 0 radical (unpaired) electrons. The first-order valence-electron chi connectivity index (χ1n) is 7.70. The number of nitrogens with one attached hydrogen (secondary N) is 1.